The van der Waals surface area contributed by atoms with Crippen LogP contribution in [0.25, 0.3) is 0 Å². The molecule has 35 heavy (non-hydrogen) atoms. The zero-order valence-electron chi connectivity index (χ0n) is 20.5. The highest BCUT2D eigenvalue weighted by Gasteiger charge is 2.28. The van der Waals surface area contributed by atoms with Crippen molar-refractivity contribution in [3.63, 3.8) is 0 Å². The van der Waals surface area contributed by atoms with Gasteiger partial charge in [0.25, 0.3) is 11.5 Å². The SMILES string of the molecule is CCCCCN(C(=O)CCC(=O)OCC(=O)N1CCCC1=O)c1c(N)n(CCCC)c(=O)[nH]c1=O. The zero-order valence-corrected chi connectivity index (χ0v) is 20.5. The van der Waals surface area contributed by atoms with Crippen LogP contribution < -0.4 is 21.9 Å². The summed E-state index contributed by atoms with van der Waals surface area (Å²) in [6.45, 7) is 4.15. The molecule has 12 nitrogen and oxygen atoms in total. The molecule has 0 aliphatic carbocycles. The molecular weight excluding hydrogens is 458 g/mol. The van der Waals surface area contributed by atoms with Gasteiger partial charge < -0.3 is 15.4 Å². The average Bonchev–Trinajstić information content (AvgIpc) is 3.25. The van der Waals surface area contributed by atoms with Crippen LogP contribution in [-0.2, 0) is 30.5 Å². The Bertz CT molecular complexity index is 1050. The standard InChI is InChI=1S/C23H35N5O7/c1-3-5-7-13-27(20-21(24)28(12-6-4-2)23(34)25-22(20)33)17(30)10-11-19(32)35-15-18(31)26-14-8-9-16(26)29/h3-15,24H2,1-2H3,(H,25,33,34). The quantitative estimate of drug-likeness (QED) is 0.302. The number of likely N-dealkylation sites (tertiary alicyclic amines) is 1. The molecule has 0 unspecified atom stereocenters. The Kier molecular flexibility index (Phi) is 10.7. The number of aromatic amines is 1. The molecule has 3 amide bonds. The summed E-state index contributed by atoms with van der Waals surface area (Å²) in [4.78, 5) is 78.2. The molecule has 194 valence electrons. The average molecular weight is 494 g/mol. The molecule has 0 atom stereocenters. The van der Waals surface area contributed by atoms with E-state index in [1.54, 1.807) is 0 Å². The predicted molar refractivity (Wildman–Crippen MR) is 129 cm³/mol. The van der Waals surface area contributed by atoms with E-state index >= 15 is 0 Å². The molecule has 1 aromatic heterocycles. The van der Waals surface area contributed by atoms with E-state index in [1.165, 1.54) is 9.47 Å². The van der Waals surface area contributed by atoms with E-state index in [0.29, 0.717) is 32.4 Å². The summed E-state index contributed by atoms with van der Waals surface area (Å²) in [6.07, 6.45) is 4.00. The molecule has 1 aromatic rings. The molecule has 0 radical (unpaired) electrons. The van der Waals surface area contributed by atoms with Crippen LogP contribution in [0.1, 0.15) is 71.6 Å². The van der Waals surface area contributed by atoms with E-state index in [4.69, 9.17) is 10.5 Å². The molecule has 0 saturated carbocycles. The number of hydrogen-bond donors (Lipinski definition) is 2. The van der Waals surface area contributed by atoms with Gasteiger partial charge in [0, 0.05) is 32.5 Å². The van der Waals surface area contributed by atoms with Gasteiger partial charge >= 0.3 is 11.7 Å². The summed E-state index contributed by atoms with van der Waals surface area (Å²) >= 11 is 0. The maximum absolute atomic E-state index is 13.0. The number of H-pyrrole nitrogens is 1. The van der Waals surface area contributed by atoms with Crippen molar-refractivity contribution in [3.8, 4) is 0 Å². The highest BCUT2D eigenvalue weighted by atomic mass is 16.5. The molecule has 2 rings (SSSR count). The monoisotopic (exact) mass is 493 g/mol. The predicted octanol–water partition coefficient (Wildman–Crippen LogP) is 0.915. The van der Waals surface area contributed by atoms with Gasteiger partial charge in [-0.1, -0.05) is 33.1 Å². The molecular formula is C23H35N5O7. The number of nitrogens with two attached hydrogens (primary N) is 1. The number of ether oxygens (including phenoxy) is 1. The van der Waals surface area contributed by atoms with Gasteiger partial charge in [0.05, 0.1) is 6.42 Å². The summed E-state index contributed by atoms with van der Waals surface area (Å²) in [6, 6.07) is 0. The summed E-state index contributed by atoms with van der Waals surface area (Å²) in [5.74, 6) is -2.30. The molecule has 1 saturated heterocycles. The number of aromatic nitrogens is 2. The molecule has 0 bridgehead atoms. The van der Waals surface area contributed by atoms with Gasteiger partial charge in [0.1, 0.15) is 5.82 Å². The van der Waals surface area contributed by atoms with Crippen molar-refractivity contribution >= 4 is 35.2 Å². The fraction of sp³-hybridized carbons (Fsp3) is 0.652. The molecule has 1 aliphatic rings. The fourth-order valence-electron chi connectivity index (χ4n) is 3.81. The van der Waals surface area contributed by atoms with E-state index in [0.717, 1.165) is 24.2 Å². The Hall–Kier alpha value is -3.44. The lowest BCUT2D eigenvalue weighted by Gasteiger charge is -2.24. The normalized spacial score (nSPS) is 13.2. The Morgan fingerprint density at radius 1 is 1.06 bits per heavy atom. The summed E-state index contributed by atoms with van der Waals surface area (Å²) in [5, 5.41) is 0. The lowest BCUT2D eigenvalue weighted by atomic mass is 10.2. The Labute approximate surface area is 203 Å². The van der Waals surface area contributed by atoms with Crippen molar-refractivity contribution in [1.82, 2.24) is 14.5 Å². The summed E-state index contributed by atoms with van der Waals surface area (Å²) in [7, 11) is 0. The van der Waals surface area contributed by atoms with Crippen LogP contribution in [0.4, 0.5) is 11.5 Å². The number of rotatable bonds is 13. The minimum atomic E-state index is -0.776. The number of nitrogens with zero attached hydrogens (tertiary/aromatic N) is 3. The first-order valence-electron chi connectivity index (χ1n) is 12.1. The third kappa shape index (κ3) is 7.52. The number of amides is 3. The van der Waals surface area contributed by atoms with Crippen LogP contribution in [0.2, 0.25) is 0 Å². The minimum absolute atomic E-state index is 0.0968. The van der Waals surface area contributed by atoms with Gasteiger partial charge in [-0.05, 0) is 19.3 Å². The van der Waals surface area contributed by atoms with E-state index in [2.05, 4.69) is 4.98 Å². The molecule has 2 heterocycles. The third-order valence-corrected chi connectivity index (χ3v) is 5.78. The van der Waals surface area contributed by atoms with Gasteiger partial charge in [-0.3, -0.25) is 38.4 Å². The van der Waals surface area contributed by atoms with E-state index in [-0.39, 0.29) is 43.2 Å². The first-order chi connectivity index (χ1) is 16.7. The first kappa shape index (κ1) is 27.8. The second-order valence-electron chi connectivity index (χ2n) is 8.45. The number of carbonyl (C=O) groups excluding carboxylic acids is 4. The van der Waals surface area contributed by atoms with Gasteiger partial charge in [-0.15, -0.1) is 0 Å². The van der Waals surface area contributed by atoms with Crippen LogP contribution >= 0.6 is 0 Å². The van der Waals surface area contributed by atoms with Crippen molar-refractivity contribution in [1.29, 1.82) is 0 Å². The minimum Gasteiger partial charge on any atom is -0.456 e. The van der Waals surface area contributed by atoms with Gasteiger partial charge in [0.2, 0.25) is 11.8 Å². The second kappa shape index (κ2) is 13.4. The van der Waals surface area contributed by atoms with Crippen molar-refractivity contribution in [2.45, 2.75) is 78.2 Å². The lowest BCUT2D eigenvalue weighted by molar-refractivity contribution is -0.155. The molecule has 0 aromatic carbocycles. The molecule has 3 N–H and O–H groups in total. The summed E-state index contributed by atoms with van der Waals surface area (Å²) in [5.41, 5.74) is 4.64. The lowest BCUT2D eigenvalue weighted by Crippen LogP contribution is -2.41. The second-order valence-corrected chi connectivity index (χ2v) is 8.45. The number of anilines is 2. The van der Waals surface area contributed by atoms with E-state index in [9.17, 15) is 28.8 Å². The Balaban J connectivity index is 2.10. The summed E-state index contributed by atoms with van der Waals surface area (Å²) < 4.78 is 6.17. The van der Waals surface area contributed by atoms with Crippen LogP contribution in [0, 0.1) is 0 Å². The van der Waals surface area contributed by atoms with Crippen LogP contribution in [0.5, 0.6) is 0 Å². The van der Waals surface area contributed by atoms with Crippen LogP contribution in [0.15, 0.2) is 9.59 Å². The van der Waals surface area contributed by atoms with Crippen molar-refractivity contribution < 1.29 is 23.9 Å². The first-order valence-corrected chi connectivity index (χ1v) is 12.1. The molecule has 1 fully saturated rings. The number of imide groups is 1. The van der Waals surface area contributed by atoms with E-state index in [1.807, 2.05) is 13.8 Å². The number of carbonyl (C=O) groups is 4. The number of nitrogens with one attached hydrogen (secondary N) is 1. The Morgan fingerprint density at radius 3 is 2.40 bits per heavy atom. The van der Waals surface area contributed by atoms with Gasteiger partial charge in [-0.2, -0.15) is 0 Å². The zero-order chi connectivity index (χ0) is 26.0. The molecule has 12 heteroatoms. The van der Waals surface area contributed by atoms with E-state index < -0.39 is 35.6 Å². The van der Waals surface area contributed by atoms with Crippen LogP contribution in [0.3, 0.4) is 0 Å². The number of unbranched alkanes of at least 4 members (excludes halogenated alkanes) is 3. The largest absolute Gasteiger partial charge is 0.456 e. The van der Waals surface area contributed by atoms with Crippen molar-refractivity contribution in [3.05, 3.63) is 20.8 Å². The maximum atomic E-state index is 13.0. The van der Waals surface area contributed by atoms with Crippen molar-refractivity contribution in [2.75, 3.05) is 30.3 Å². The number of nitrogen functional groups attached to an aromatic ring is 1. The fourth-order valence-corrected chi connectivity index (χ4v) is 3.81. The maximum Gasteiger partial charge on any atom is 0.330 e. The highest BCUT2D eigenvalue weighted by molar-refractivity contribution is 5.98. The number of esters is 1. The Morgan fingerprint density at radius 2 is 1.77 bits per heavy atom. The highest BCUT2D eigenvalue weighted by Crippen LogP contribution is 2.20. The topological polar surface area (TPSA) is 165 Å². The molecule has 1 aliphatic heterocycles. The van der Waals surface area contributed by atoms with Crippen LogP contribution in [-0.4, -0.2) is 57.8 Å². The van der Waals surface area contributed by atoms with Crippen molar-refractivity contribution in [2.24, 2.45) is 0 Å². The smallest absolute Gasteiger partial charge is 0.330 e. The molecule has 0 spiro atoms. The van der Waals surface area contributed by atoms with Gasteiger partial charge in [0.15, 0.2) is 12.3 Å². The van der Waals surface area contributed by atoms with Gasteiger partial charge in [-0.25, -0.2) is 4.79 Å². The number of hydrogen-bond acceptors (Lipinski definition) is 8. The third-order valence-electron chi connectivity index (χ3n) is 5.78.